The summed E-state index contributed by atoms with van der Waals surface area (Å²) in [6, 6.07) is 47.0. The molecule has 114 heavy (non-hydrogen) atoms. The second-order valence-corrected chi connectivity index (χ2v) is 39.8. The van der Waals surface area contributed by atoms with E-state index in [2.05, 4.69) is 157 Å². The molecule has 0 aromatic heterocycles. The van der Waals surface area contributed by atoms with Crippen LogP contribution in [0.2, 0.25) is 0 Å². The van der Waals surface area contributed by atoms with Crippen LogP contribution in [0.4, 0.5) is 0 Å². The number of aromatic hydroxyl groups is 1. The zero-order valence-corrected chi connectivity index (χ0v) is 72.9. The molecule has 5 aromatic carbocycles. The van der Waals surface area contributed by atoms with Crippen LogP contribution in [0.5, 0.6) is 17.2 Å². The number of hydrogen-bond donors (Lipinski definition) is 1. The van der Waals surface area contributed by atoms with Gasteiger partial charge in [0.15, 0.2) is 26.9 Å². The van der Waals surface area contributed by atoms with Crippen LogP contribution in [0, 0.1) is 56.7 Å². The minimum atomic E-state index is -4.42. The third-order valence-electron chi connectivity index (χ3n) is 25.8. The Hall–Kier alpha value is -7.26. The van der Waals surface area contributed by atoms with Crippen LogP contribution in [0.15, 0.2) is 154 Å². The van der Waals surface area contributed by atoms with E-state index in [1.165, 1.54) is 77.3 Å². The Balaban J connectivity index is 0.000000173. The number of rotatable bonds is 25. The van der Waals surface area contributed by atoms with Crippen molar-refractivity contribution in [3.63, 3.8) is 0 Å². The van der Waals surface area contributed by atoms with Crippen molar-refractivity contribution in [2.24, 2.45) is 56.7 Å². The standard InChI is InChI=1S/C19H30O7S.C18H28O.C18H15S.C14H26O2.C13H18O5.C12H16O3/c1-4-17(2,3)15(20)26-19-10-13-7-14(11-19)9-18(8-13,12-19)16(21)25-5-6-27(22,23)24;1-5-15(4)16-8-10-17(11-9-16)19-18(14(2)3)12-6-7-13-18;1-4-10-16(11-5-1)19(17-12-6-2-7-13-17)18-14-8-3-9-15-18;1-6-13(4,5)12(15)16-14(11(2)3)9-7-8-10-14;1-4-13(2,3)12(15)18-9-7-5-6-8(16-7)10(9)17-11(6)14;1-4-12(2,3)11(14)15-10-7-5-9(13)6-8-10/h13-14H,4-12H2,1-3H3,(H,22,23,24);8-11,14-15H,5-7,12-13H2,1-4H3;1-15H;11H,6-10H2,1-5H3;6-10H,4-5H2,1-3H3;5-8,13H,4H2,1-3H3/q;;+1;;;/p-1. The topological polar surface area (TPSA) is 254 Å². The molecule has 3 aliphatic heterocycles. The smallest absolute Gasteiger partial charge is 0.316 e. The molecule has 8 unspecified atom stereocenters. The number of carbonyl (C=O) groups is 6. The van der Waals surface area contributed by atoms with Crippen molar-refractivity contribution in [2.45, 2.75) is 315 Å². The van der Waals surface area contributed by atoms with Crippen LogP contribution in [-0.2, 0) is 78.2 Å². The minimum Gasteiger partial charge on any atom is -0.748 e. The molecular weight excluding hydrogens is 1480 g/mol. The predicted molar refractivity (Wildman–Crippen MR) is 443 cm³/mol. The van der Waals surface area contributed by atoms with Gasteiger partial charge in [-0.25, -0.2) is 8.42 Å². The monoisotopic (exact) mass is 1610 g/mol. The van der Waals surface area contributed by atoms with Gasteiger partial charge in [0.1, 0.15) is 46.8 Å². The third kappa shape index (κ3) is 23.6. The van der Waals surface area contributed by atoms with E-state index in [1.54, 1.807) is 12.1 Å². The Labute approximate surface area is 683 Å². The Kier molecular flexibility index (Phi) is 31.8. The molecule has 0 radical (unpaired) electrons. The van der Waals surface area contributed by atoms with E-state index >= 15 is 0 Å². The molecule has 6 saturated carbocycles. The maximum Gasteiger partial charge on any atom is 0.316 e. The Morgan fingerprint density at radius 1 is 0.553 bits per heavy atom. The van der Waals surface area contributed by atoms with Crippen LogP contribution in [0.1, 0.15) is 265 Å². The normalized spacial score (nSPS) is 24.1. The van der Waals surface area contributed by atoms with E-state index in [0.717, 1.165) is 50.7 Å². The highest BCUT2D eigenvalue weighted by atomic mass is 32.2. The molecule has 0 spiro atoms. The number of phenolic OH excluding ortho intramolecular Hbond substituents is 1. The van der Waals surface area contributed by atoms with Crippen molar-refractivity contribution in [2.75, 3.05) is 12.4 Å². The first kappa shape index (κ1) is 92.3. The summed E-state index contributed by atoms with van der Waals surface area (Å²) in [6.07, 6.45) is 17.4. The molecule has 5 aromatic rings. The lowest BCUT2D eigenvalue weighted by atomic mass is 9.48. The molecular formula is C94H132O18S2. The second kappa shape index (κ2) is 39.3. The van der Waals surface area contributed by atoms with E-state index in [9.17, 15) is 41.7 Å². The summed E-state index contributed by atoms with van der Waals surface area (Å²) in [5.41, 5.74) is -1.93. The lowest BCUT2D eigenvalue weighted by molar-refractivity contribution is -0.217. The summed E-state index contributed by atoms with van der Waals surface area (Å²) in [7, 11) is -4.43. The fraction of sp³-hybridized carbons (Fsp3) is 0.617. The zero-order chi connectivity index (χ0) is 83.8. The number of ether oxygens (including phenoxy) is 8. The van der Waals surface area contributed by atoms with Crippen molar-refractivity contribution in [1.82, 2.24) is 0 Å². The second-order valence-electron chi connectivity index (χ2n) is 36.3. The molecule has 3 saturated heterocycles. The fourth-order valence-corrected chi connectivity index (χ4v) is 18.9. The molecule has 3 heterocycles. The van der Waals surface area contributed by atoms with Crippen molar-refractivity contribution in [1.29, 1.82) is 0 Å². The summed E-state index contributed by atoms with van der Waals surface area (Å²) in [5.74, 6) is 1.65. The molecule has 0 amide bonds. The Morgan fingerprint density at radius 3 is 1.44 bits per heavy atom. The van der Waals surface area contributed by atoms with Gasteiger partial charge in [-0.1, -0.05) is 136 Å². The highest BCUT2D eigenvalue weighted by Gasteiger charge is 2.66. The predicted octanol–water partition coefficient (Wildman–Crippen LogP) is 20.4. The van der Waals surface area contributed by atoms with Crippen LogP contribution in [-0.4, -0.2) is 107 Å². The first-order valence-electron chi connectivity index (χ1n) is 42.0. The van der Waals surface area contributed by atoms with Crippen molar-refractivity contribution < 1.29 is 84.7 Å². The van der Waals surface area contributed by atoms with Gasteiger partial charge in [0.2, 0.25) is 0 Å². The summed E-state index contributed by atoms with van der Waals surface area (Å²) in [6.45, 7) is 36.0. The van der Waals surface area contributed by atoms with E-state index in [4.69, 9.17) is 43.0 Å². The maximum absolute atomic E-state index is 12.8. The van der Waals surface area contributed by atoms with Gasteiger partial charge in [-0.3, -0.25) is 28.8 Å². The summed E-state index contributed by atoms with van der Waals surface area (Å²) in [5, 5.41) is 9.06. The quantitative estimate of drug-likeness (QED) is 0.0187. The summed E-state index contributed by atoms with van der Waals surface area (Å²) in [4.78, 5) is 77.0. The average Bonchev–Trinajstić information content (AvgIpc) is 0.795. The van der Waals surface area contributed by atoms with E-state index in [0.29, 0.717) is 73.9 Å². The van der Waals surface area contributed by atoms with Gasteiger partial charge < -0.3 is 47.6 Å². The number of fused-ring (bicyclic) bond motifs is 1. The molecule has 9 fully saturated rings. The molecule has 14 rings (SSSR count). The van der Waals surface area contributed by atoms with Gasteiger partial charge in [-0.15, -0.1) is 0 Å². The van der Waals surface area contributed by atoms with Crippen LogP contribution >= 0.6 is 0 Å². The molecule has 18 nitrogen and oxygen atoms in total. The Morgan fingerprint density at radius 2 is 0.991 bits per heavy atom. The van der Waals surface area contributed by atoms with Gasteiger partial charge in [-0.05, 0) is 285 Å². The number of phenols is 1. The van der Waals surface area contributed by atoms with E-state index < -0.39 is 67.9 Å². The highest BCUT2D eigenvalue weighted by Crippen LogP contribution is 2.64. The number of carbonyl (C=O) groups excluding carboxylic acids is 6. The van der Waals surface area contributed by atoms with Crippen molar-refractivity contribution >= 4 is 56.8 Å². The minimum absolute atomic E-state index is 0.0146. The van der Waals surface area contributed by atoms with Gasteiger partial charge in [0, 0.05) is 6.42 Å². The fourth-order valence-electron chi connectivity index (χ4n) is 16.5. The third-order valence-corrected chi connectivity index (χ3v) is 28.7. The number of benzene rings is 5. The number of hydrogen-bond acceptors (Lipinski definition) is 18. The van der Waals surface area contributed by atoms with Crippen LogP contribution in [0.25, 0.3) is 0 Å². The SMILES string of the molecule is CCC(C)(C)C(=O)OC1(C(C)C)CCCC1.CCC(C)(C)C(=O)OC12CC3CC(C1)CC(C(=O)OCCS(=O)(=O)[O-])(C3)C2.CCC(C)(C)C(=O)OC1C2CC3C(=O)OC1C3O2.CCC(C)(C)C(=O)Oc1ccc(O)cc1.CCC(C)c1ccc(OC2(C(C)C)CCCC2)cc1.c1ccc([S+](c2ccccc2)c2ccccc2)cc1. The lowest BCUT2D eigenvalue weighted by Gasteiger charge is -2.60. The van der Waals surface area contributed by atoms with Gasteiger partial charge >= 0.3 is 35.8 Å². The summed E-state index contributed by atoms with van der Waals surface area (Å²) < 4.78 is 77.4. The average molecular weight is 1610 g/mol. The first-order chi connectivity index (χ1) is 53.6. The highest BCUT2D eigenvalue weighted by molar-refractivity contribution is 7.97. The molecule has 6 bridgehead atoms. The van der Waals surface area contributed by atoms with Crippen LogP contribution < -0.4 is 9.47 Å². The molecule has 6 aliphatic carbocycles. The zero-order valence-electron chi connectivity index (χ0n) is 71.3. The molecule has 9 aliphatic rings. The maximum atomic E-state index is 12.8. The summed E-state index contributed by atoms with van der Waals surface area (Å²) >= 11 is 0. The number of esters is 6. The Bertz CT molecular complexity index is 3940. The molecule has 8 atom stereocenters. The molecule has 20 heteroatoms. The van der Waals surface area contributed by atoms with E-state index in [-0.39, 0.29) is 81.2 Å². The largest absolute Gasteiger partial charge is 0.748 e. The van der Waals surface area contributed by atoms with Gasteiger partial charge in [0.05, 0.1) is 65.9 Å². The van der Waals surface area contributed by atoms with Crippen LogP contribution in [0.3, 0.4) is 0 Å². The van der Waals surface area contributed by atoms with Gasteiger partial charge in [-0.2, -0.15) is 0 Å². The van der Waals surface area contributed by atoms with Gasteiger partial charge in [0.25, 0.3) is 0 Å². The van der Waals surface area contributed by atoms with Crippen molar-refractivity contribution in [3.05, 3.63) is 145 Å². The van der Waals surface area contributed by atoms with E-state index in [1.807, 2.05) is 83.1 Å². The lowest BCUT2D eigenvalue weighted by Crippen LogP contribution is -2.60. The van der Waals surface area contributed by atoms with Crippen molar-refractivity contribution in [3.8, 4) is 17.2 Å². The molecule has 628 valence electrons. The first-order valence-corrected chi connectivity index (χ1v) is 44.8. The molecule has 1 N–H and O–H groups in total.